The van der Waals surface area contributed by atoms with Gasteiger partial charge < -0.3 is 9.64 Å². The molecule has 0 fully saturated rings. The van der Waals surface area contributed by atoms with Crippen molar-refractivity contribution in [3.05, 3.63) is 222 Å². The van der Waals surface area contributed by atoms with Crippen LogP contribution in [0.4, 0.5) is 17.1 Å². The zero-order valence-corrected chi connectivity index (χ0v) is 93.4. The Hall–Kier alpha value is -7.76. The molecule has 0 N–H and O–H groups in total. The summed E-state index contributed by atoms with van der Waals surface area (Å²) in [5, 5.41) is 0. The highest BCUT2D eigenvalue weighted by atomic mass is 32.1. The lowest BCUT2D eigenvalue weighted by Gasteiger charge is -2.26. The summed E-state index contributed by atoms with van der Waals surface area (Å²) in [6, 6.07) is 61.4. The van der Waals surface area contributed by atoms with Gasteiger partial charge in [0, 0.05) is 109 Å². The van der Waals surface area contributed by atoms with E-state index in [1.807, 2.05) is 68.0 Å². The predicted octanol–water partition coefficient (Wildman–Crippen LogP) is 43.7. The number of benzene rings is 6. The van der Waals surface area contributed by atoms with Crippen LogP contribution in [0.1, 0.15) is 402 Å². The molecule has 0 aliphatic carbocycles. The zero-order chi connectivity index (χ0) is 97.3. The van der Waals surface area contributed by atoms with Gasteiger partial charge in [-0.2, -0.15) is 17.5 Å². The van der Waals surface area contributed by atoms with Gasteiger partial charge in [0.25, 0.3) is 0 Å². The van der Waals surface area contributed by atoms with Crippen molar-refractivity contribution in [2.24, 2.45) is 5.92 Å². The van der Waals surface area contributed by atoms with Crippen LogP contribution in [0.3, 0.4) is 0 Å². The van der Waals surface area contributed by atoms with Gasteiger partial charge in [0.2, 0.25) is 0 Å². The fraction of sp³-hybridized carbons (Fsp3) is 0.492. The number of nitrogens with zero attached hydrogens (tertiary/aromatic N) is 5. The molecular formula is C126H163N5OS8. The Balaban J connectivity index is 0.810. The molecule has 0 aliphatic heterocycles. The van der Waals surface area contributed by atoms with E-state index in [0.29, 0.717) is 12.5 Å². The molecular weight excluding hydrogens is 1860 g/mol. The molecule has 0 spiro atoms. The van der Waals surface area contributed by atoms with Crippen molar-refractivity contribution in [2.75, 3.05) is 11.5 Å². The van der Waals surface area contributed by atoms with Crippen molar-refractivity contribution in [1.82, 2.24) is 17.5 Å². The van der Waals surface area contributed by atoms with Crippen LogP contribution in [0, 0.1) is 19.8 Å². The number of hydrogen-bond donors (Lipinski definition) is 0. The normalized spacial score (nSPS) is 12.2. The third kappa shape index (κ3) is 31.4. The molecule has 0 saturated carbocycles. The molecule has 0 radical (unpaired) electrons. The topological polar surface area (TPSA) is 64.0 Å². The van der Waals surface area contributed by atoms with Crippen LogP contribution < -0.4 is 9.64 Å². The summed E-state index contributed by atoms with van der Waals surface area (Å²) in [5.74, 6) is 1.35. The molecule has 6 aromatic carbocycles. The van der Waals surface area contributed by atoms with Gasteiger partial charge in [0.05, 0.1) is 30.1 Å². The predicted molar refractivity (Wildman–Crippen MR) is 628 cm³/mol. The first-order valence-corrected chi connectivity index (χ1v) is 61.7. The van der Waals surface area contributed by atoms with E-state index in [1.54, 1.807) is 0 Å². The molecule has 8 aromatic heterocycles. The first-order chi connectivity index (χ1) is 69.0. The lowest BCUT2D eigenvalue weighted by molar-refractivity contribution is 0.232. The van der Waals surface area contributed by atoms with Crippen molar-refractivity contribution in [3.8, 4) is 78.1 Å². The second-order valence-electron chi connectivity index (χ2n) is 40.2. The van der Waals surface area contributed by atoms with Gasteiger partial charge in [-0.25, -0.2) is 0 Å². The quantitative estimate of drug-likeness (QED) is 0.0354. The van der Waals surface area contributed by atoms with E-state index in [-0.39, 0.29) is 0 Å². The second-order valence-corrected chi connectivity index (χ2v) is 47.8. The summed E-state index contributed by atoms with van der Waals surface area (Å²) < 4.78 is 28.6. The van der Waals surface area contributed by atoms with Crippen molar-refractivity contribution in [1.29, 1.82) is 0 Å². The van der Waals surface area contributed by atoms with Crippen LogP contribution in [-0.4, -0.2) is 24.1 Å². The van der Waals surface area contributed by atoms with Crippen LogP contribution in [0.5, 0.6) is 5.75 Å². The summed E-state index contributed by atoms with van der Waals surface area (Å²) in [5.41, 5.74) is 24.8. The minimum atomic E-state index is 0.413. The SMILES string of the molecule is CCCCCCCCCCCCCCc1ccc(-c2sc(-c3ccc(-c4cc(CCCCCC)c(/C=C/c5cc(-c6ccc(N(c7ccc(C)cc7)c7ccc(C)cc7)cc6)cc(/C=C/c6sc(-c7ccc(-c8cc(CCCCCC)c(-c9ccc(CCCCCCCCCCCCCC)s9)s8)c8nsnc78)cc6CCCCCC)c5OCC(CC)CCCC)s4)c4nsnc34)cc2CCCCCC)s1. The molecule has 8 heterocycles. The van der Waals surface area contributed by atoms with E-state index in [4.69, 9.17) is 22.2 Å². The van der Waals surface area contributed by atoms with Gasteiger partial charge in [-0.1, -0.05) is 365 Å². The van der Waals surface area contributed by atoms with Gasteiger partial charge in [-0.05, 0) is 258 Å². The number of rotatable bonds is 67. The van der Waals surface area contributed by atoms with Crippen molar-refractivity contribution in [3.63, 3.8) is 0 Å². The first kappa shape index (κ1) is 108. The standard InChI is InChI=1S/C126H163N5OS8/c1-11-19-26-32-34-36-38-40-42-44-46-52-59-106-75-83-114(133-106)125-100(57-50-30-23-15-5)89-118(137-125)110-79-77-108(120-122(110)129-139-127-120)116-87-96(55-48-28-21-13-3)112(135-116)81-67-98-85-102(95-65-73-105(74-66-95)131(103-69-61-92(9)62-70-103)104-71-63-93(10)64-72-104)86-99(124(98)132-91-94(18-8)54-25-17-7)68-82-113-97(56-49-29-22-14-4)88-117(136-113)109-78-80-111(123-121(109)128-140-130-123)119-90-101(58-51-31-24-16-6)126(138-119)115-84-76-107(134-115)60-53-47-45-43-41-39-37-35-33-27-20-12-2/h61-90,94H,11-60,91H2,1-10H3/b81-67+,82-68+. The van der Waals surface area contributed by atoms with E-state index >= 15 is 0 Å². The third-order valence-electron chi connectivity index (χ3n) is 28.7. The number of unbranched alkanes of at least 4 members (excludes halogenated alkanes) is 35. The van der Waals surface area contributed by atoms with E-state index in [0.717, 1.165) is 125 Å². The summed E-state index contributed by atoms with van der Waals surface area (Å²) >= 11 is 14.6. The molecule has 1 unspecified atom stereocenters. The molecule has 6 nitrogen and oxygen atoms in total. The van der Waals surface area contributed by atoms with Crippen molar-refractivity contribution >= 4 is 155 Å². The van der Waals surface area contributed by atoms with Crippen LogP contribution in [0.15, 0.2) is 158 Å². The number of anilines is 3. The molecule has 1 atom stereocenters. The lowest BCUT2D eigenvalue weighted by atomic mass is 9.96. The number of aryl methyl sites for hydroxylation is 8. The molecule has 14 rings (SSSR count). The Bertz CT molecular complexity index is 5700. The Kier molecular flexibility index (Phi) is 45.5. The third-order valence-corrected chi connectivity index (χ3v) is 37.2. The lowest BCUT2D eigenvalue weighted by Crippen LogP contribution is -2.12. The van der Waals surface area contributed by atoms with E-state index in [2.05, 4.69) is 256 Å². The first-order valence-electron chi connectivity index (χ1n) is 55.4. The summed E-state index contributed by atoms with van der Waals surface area (Å²) in [4.78, 5) is 18.9. The molecule has 0 aliphatic rings. The fourth-order valence-electron chi connectivity index (χ4n) is 20.1. The Morgan fingerprint density at radius 1 is 0.279 bits per heavy atom. The molecule has 0 amide bonds. The fourth-order valence-corrected chi connectivity index (χ4v) is 28.4. The molecule has 746 valence electrons. The summed E-state index contributed by atoms with van der Waals surface area (Å²) in [7, 11) is 0. The highest BCUT2D eigenvalue weighted by Crippen LogP contribution is 2.50. The molecule has 140 heavy (non-hydrogen) atoms. The van der Waals surface area contributed by atoms with Gasteiger partial charge >= 0.3 is 0 Å². The summed E-state index contributed by atoms with van der Waals surface area (Å²) in [6.45, 7) is 23.6. The largest absolute Gasteiger partial charge is 0.492 e. The van der Waals surface area contributed by atoms with Crippen LogP contribution >= 0.6 is 91.5 Å². The Morgan fingerprint density at radius 2 is 0.586 bits per heavy atom. The highest BCUT2D eigenvalue weighted by Gasteiger charge is 2.26. The number of ether oxygens (including phenoxy) is 1. The van der Waals surface area contributed by atoms with Gasteiger partial charge in [-0.15, -0.1) is 68.0 Å². The zero-order valence-electron chi connectivity index (χ0n) is 86.9. The van der Waals surface area contributed by atoms with Crippen LogP contribution in [-0.2, 0) is 38.5 Å². The second kappa shape index (κ2) is 59.0. The summed E-state index contributed by atoms with van der Waals surface area (Å²) in [6.07, 6.45) is 73.5. The highest BCUT2D eigenvalue weighted by molar-refractivity contribution is 7.25. The van der Waals surface area contributed by atoms with Gasteiger partial charge in [0.15, 0.2) is 0 Å². The van der Waals surface area contributed by atoms with Gasteiger partial charge in [0.1, 0.15) is 27.8 Å². The van der Waals surface area contributed by atoms with E-state index < -0.39 is 0 Å². The monoisotopic (exact) mass is 2020 g/mol. The number of thiophene rings is 6. The molecule has 0 bridgehead atoms. The number of fused-ring (bicyclic) bond motifs is 2. The maximum Gasteiger partial charge on any atom is 0.133 e. The maximum absolute atomic E-state index is 7.60. The number of hydrogen-bond acceptors (Lipinski definition) is 14. The molecule has 0 saturated heterocycles. The van der Waals surface area contributed by atoms with E-state index in [9.17, 15) is 0 Å². The Morgan fingerprint density at radius 3 is 0.936 bits per heavy atom. The number of aromatic nitrogens is 4. The molecule has 14 heteroatoms. The minimum absolute atomic E-state index is 0.413. The van der Waals surface area contributed by atoms with Crippen LogP contribution in [0.2, 0.25) is 0 Å². The van der Waals surface area contributed by atoms with Crippen LogP contribution in [0.25, 0.3) is 119 Å². The maximum atomic E-state index is 7.60. The van der Waals surface area contributed by atoms with Gasteiger partial charge in [-0.3, -0.25) is 0 Å². The van der Waals surface area contributed by atoms with Crippen molar-refractivity contribution in [2.45, 2.75) is 390 Å². The minimum Gasteiger partial charge on any atom is -0.492 e. The smallest absolute Gasteiger partial charge is 0.133 e. The Labute approximate surface area is 877 Å². The average Bonchev–Trinajstić information content (AvgIpc) is 1.61. The van der Waals surface area contributed by atoms with E-state index in [1.165, 1.54) is 401 Å². The average molecular weight is 2020 g/mol. The molecule has 14 aromatic rings. The van der Waals surface area contributed by atoms with Crippen molar-refractivity contribution < 1.29 is 4.74 Å².